The van der Waals surface area contributed by atoms with Gasteiger partial charge in [-0.05, 0) is 19.2 Å². The molecule has 1 aromatic carbocycles. The highest BCUT2D eigenvalue weighted by atomic mass is 32.2. The number of hydrogen-bond donors (Lipinski definition) is 1. The van der Waals surface area contributed by atoms with Gasteiger partial charge in [0.1, 0.15) is 0 Å². The van der Waals surface area contributed by atoms with E-state index in [9.17, 15) is 19.7 Å². The third kappa shape index (κ3) is 6.28. The van der Waals surface area contributed by atoms with E-state index in [0.29, 0.717) is 26.2 Å². The quantitative estimate of drug-likeness (QED) is 0.401. The lowest BCUT2D eigenvalue weighted by Crippen LogP contribution is -2.50. The van der Waals surface area contributed by atoms with Gasteiger partial charge in [-0.3, -0.25) is 24.6 Å². The van der Waals surface area contributed by atoms with Crippen LogP contribution in [0.4, 0.5) is 5.69 Å². The van der Waals surface area contributed by atoms with Crippen molar-refractivity contribution in [1.82, 2.24) is 9.80 Å². The predicted molar refractivity (Wildman–Crippen MR) is 95.3 cm³/mol. The average Bonchev–Trinajstić information content (AvgIpc) is 2.59. The number of benzene rings is 1. The number of carbonyl (C=O) groups is 2. The fourth-order valence-electron chi connectivity index (χ4n) is 2.60. The first-order chi connectivity index (χ1) is 12.3. The molecule has 1 aliphatic heterocycles. The molecule has 0 saturated carbocycles. The zero-order chi connectivity index (χ0) is 19.1. The molecule has 26 heavy (non-hydrogen) atoms. The van der Waals surface area contributed by atoms with Crippen molar-refractivity contribution in [2.75, 3.05) is 45.6 Å². The lowest BCUT2D eigenvalue weighted by atomic mass is 10.2. The molecule has 1 aromatic rings. The monoisotopic (exact) mass is 383 g/mol. The molecule has 9 nitrogen and oxygen atoms in total. The molecule has 1 N–H and O–H groups in total. The Balaban J connectivity index is 1.81. The SMILES string of the molecule is CN(CC(=O)O)CC1CN(C(=O)CSc2ccc([N+](=O)[O-])cc2)CCO1. The minimum absolute atomic E-state index is 0.0159. The van der Waals surface area contributed by atoms with Gasteiger partial charge in [0.15, 0.2) is 0 Å². The van der Waals surface area contributed by atoms with Gasteiger partial charge in [0, 0.05) is 36.7 Å². The fourth-order valence-corrected chi connectivity index (χ4v) is 3.40. The Kier molecular flexibility index (Phi) is 7.37. The Morgan fingerprint density at radius 2 is 2.12 bits per heavy atom. The summed E-state index contributed by atoms with van der Waals surface area (Å²) in [4.78, 5) is 37.4. The van der Waals surface area contributed by atoms with Crippen LogP contribution in [0.15, 0.2) is 29.2 Å². The van der Waals surface area contributed by atoms with Gasteiger partial charge in [0.05, 0.1) is 29.9 Å². The molecule has 1 atom stereocenters. The standard InChI is InChI=1S/C16H21N3O6S/c1-17(10-16(21)22)8-13-9-18(6-7-25-13)15(20)11-26-14-4-2-12(3-5-14)19(23)24/h2-5,13H,6-11H2,1H3,(H,21,22). The first-order valence-electron chi connectivity index (χ1n) is 8.02. The van der Waals surface area contributed by atoms with Crippen molar-refractivity contribution in [1.29, 1.82) is 0 Å². The summed E-state index contributed by atoms with van der Waals surface area (Å²) in [7, 11) is 1.70. The Bertz CT molecular complexity index is 654. The van der Waals surface area contributed by atoms with E-state index in [2.05, 4.69) is 0 Å². The number of thioether (sulfide) groups is 1. The highest BCUT2D eigenvalue weighted by Crippen LogP contribution is 2.22. The summed E-state index contributed by atoms with van der Waals surface area (Å²) in [5.41, 5.74) is 0.0159. The minimum atomic E-state index is -0.907. The van der Waals surface area contributed by atoms with Gasteiger partial charge in [0.25, 0.3) is 5.69 Å². The summed E-state index contributed by atoms with van der Waals surface area (Å²) < 4.78 is 5.61. The van der Waals surface area contributed by atoms with Crippen molar-refractivity contribution in [2.45, 2.75) is 11.0 Å². The predicted octanol–water partition coefficient (Wildman–Crippen LogP) is 0.931. The summed E-state index contributed by atoms with van der Waals surface area (Å²) in [6.45, 7) is 1.69. The second kappa shape index (κ2) is 9.51. The molecule has 1 saturated heterocycles. The van der Waals surface area contributed by atoms with Gasteiger partial charge < -0.3 is 14.7 Å². The second-order valence-electron chi connectivity index (χ2n) is 5.96. The molecule has 142 valence electrons. The third-order valence-electron chi connectivity index (χ3n) is 3.82. The van der Waals surface area contributed by atoms with Gasteiger partial charge in [-0.15, -0.1) is 11.8 Å². The summed E-state index contributed by atoms with van der Waals surface area (Å²) in [6.07, 6.45) is -0.221. The first-order valence-corrected chi connectivity index (χ1v) is 9.00. The Hall–Kier alpha value is -2.17. The maximum Gasteiger partial charge on any atom is 0.317 e. The molecule has 0 bridgehead atoms. The van der Waals surface area contributed by atoms with E-state index in [-0.39, 0.29) is 30.0 Å². The first kappa shape index (κ1) is 20.1. The van der Waals surface area contributed by atoms with Crippen molar-refractivity contribution in [2.24, 2.45) is 0 Å². The van der Waals surface area contributed by atoms with Crippen LogP contribution in [0.3, 0.4) is 0 Å². The molecular formula is C16H21N3O6S. The molecule has 1 unspecified atom stereocenters. The summed E-state index contributed by atoms with van der Waals surface area (Å²) in [5, 5.41) is 19.4. The number of amides is 1. The molecule has 0 aliphatic carbocycles. The average molecular weight is 383 g/mol. The molecular weight excluding hydrogens is 362 g/mol. The summed E-state index contributed by atoms with van der Waals surface area (Å²) in [5.74, 6) is -0.714. The molecule has 0 spiro atoms. The van der Waals surface area contributed by atoms with Crippen LogP contribution >= 0.6 is 11.8 Å². The zero-order valence-electron chi connectivity index (χ0n) is 14.4. The number of nitro groups is 1. The summed E-state index contributed by atoms with van der Waals surface area (Å²) >= 11 is 1.32. The number of hydrogen-bond acceptors (Lipinski definition) is 7. The minimum Gasteiger partial charge on any atom is -0.480 e. The molecule has 1 amide bonds. The van der Waals surface area contributed by atoms with Crippen molar-refractivity contribution in [3.05, 3.63) is 34.4 Å². The molecule has 1 fully saturated rings. The van der Waals surface area contributed by atoms with Crippen LogP contribution in [0.2, 0.25) is 0 Å². The van der Waals surface area contributed by atoms with Gasteiger partial charge >= 0.3 is 5.97 Å². The van der Waals surface area contributed by atoms with Gasteiger partial charge in [-0.1, -0.05) is 0 Å². The van der Waals surface area contributed by atoms with E-state index in [0.717, 1.165) is 4.90 Å². The highest BCUT2D eigenvalue weighted by molar-refractivity contribution is 8.00. The molecule has 1 aliphatic rings. The number of nitro benzene ring substituents is 1. The van der Waals surface area contributed by atoms with Crippen molar-refractivity contribution < 1.29 is 24.4 Å². The van der Waals surface area contributed by atoms with Crippen LogP contribution in [0, 0.1) is 10.1 Å². The Labute approximate surface area is 155 Å². The van der Waals surface area contributed by atoms with E-state index >= 15 is 0 Å². The second-order valence-corrected chi connectivity index (χ2v) is 7.01. The van der Waals surface area contributed by atoms with Gasteiger partial charge in [0.2, 0.25) is 5.91 Å². The third-order valence-corrected chi connectivity index (χ3v) is 4.82. The number of likely N-dealkylation sites (N-methyl/N-ethyl adjacent to an activating group) is 1. The molecule has 0 aromatic heterocycles. The number of carboxylic acids is 1. The Morgan fingerprint density at radius 1 is 1.42 bits per heavy atom. The molecule has 1 heterocycles. The Morgan fingerprint density at radius 3 is 2.73 bits per heavy atom. The van der Waals surface area contributed by atoms with E-state index in [1.165, 1.54) is 23.9 Å². The van der Waals surface area contributed by atoms with E-state index in [1.54, 1.807) is 29.0 Å². The number of carboxylic acid groups (broad SMARTS) is 1. The lowest BCUT2D eigenvalue weighted by Gasteiger charge is -2.34. The topological polar surface area (TPSA) is 113 Å². The maximum absolute atomic E-state index is 12.4. The normalized spacial score (nSPS) is 17.3. The maximum atomic E-state index is 12.4. The van der Waals surface area contributed by atoms with Crippen molar-refractivity contribution in [3.63, 3.8) is 0 Å². The van der Waals surface area contributed by atoms with E-state index in [1.807, 2.05) is 0 Å². The molecule has 10 heteroatoms. The van der Waals surface area contributed by atoms with E-state index < -0.39 is 10.9 Å². The van der Waals surface area contributed by atoms with Crippen LogP contribution in [-0.4, -0.2) is 83.4 Å². The van der Waals surface area contributed by atoms with Crippen LogP contribution in [0.5, 0.6) is 0 Å². The number of aliphatic carboxylic acids is 1. The van der Waals surface area contributed by atoms with Crippen molar-refractivity contribution in [3.8, 4) is 0 Å². The fraction of sp³-hybridized carbons (Fsp3) is 0.500. The van der Waals surface area contributed by atoms with E-state index in [4.69, 9.17) is 9.84 Å². The molecule has 2 rings (SSSR count). The van der Waals surface area contributed by atoms with Crippen LogP contribution < -0.4 is 0 Å². The number of morpholine rings is 1. The smallest absolute Gasteiger partial charge is 0.317 e. The zero-order valence-corrected chi connectivity index (χ0v) is 15.2. The number of nitrogens with zero attached hydrogens (tertiary/aromatic N) is 3. The lowest BCUT2D eigenvalue weighted by molar-refractivity contribution is -0.384. The van der Waals surface area contributed by atoms with Gasteiger partial charge in [-0.25, -0.2) is 0 Å². The van der Waals surface area contributed by atoms with Gasteiger partial charge in [-0.2, -0.15) is 0 Å². The van der Waals surface area contributed by atoms with Crippen LogP contribution in [-0.2, 0) is 14.3 Å². The van der Waals surface area contributed by atoms with Crippen molar-refractivity contribution >= 4 is 29.3 Å². The molecule has 0 radical (unpaired) electrons. The number of rotatable bonds is 8. The number of ether oxygens (including phenoxy) is 1. The largest absolute Gasteiger partial charge is 0.480 e. The highest BCUT2D eigenvalue weighted by Gasteiger charge is 2.25. The number of non-ortho nitro benzene ring substituents is 1. The van der Waals surface area contributed by atoms with Crippen LogP contribution in [0.1, 0.15) is 0 Å². The van der Waals surface area contributed by atoms with Crippen LogP contribution in [0.25, 0.3) is 0 Å². The summed E-state index contributed by atoms with van der Waals surface area (Å²) in [6, 6.07) is 6.07. The number of carbonyl (C=O) groups excluding carboxylic acids is 1.